The van der Waals surface area contributed by atoms with E-state index >= 15 is 0 Å². The number of methoxy groups -OCH3 is 1. The Labute approximate surface area is 146 Å². The van der Waals surface area contributed by atoms with Crippen LogP contribution in [0.4, 0.5) is 17.6 Å². The van der Waals surface area contributed by atoms with Crippen molar-refractivity contribution in [2.24, 2.45) is 0 Å². The number of aryl methyl sites for hydroxylation is 1. The Hall–Kier alpha value is -3.22. The van der Waals surface area contributed by atoms with Crippen LogP contribution < -0.4 is 15.4 Å². The van der Waals surface area contributed by atoms with Crippen LogP contribution in [0.5, 0.6) is 5.75 Å². The van der Waals surface area contributed by atoms with Gasteiger partial charge in [0.2, 0.25) is 5.95 Å². The summed E-state index contributed by atoms with van der Waals surface area (Å²) in [6.45, 7) is 2.70. The number of nitrogens with one attached hydrogen (secondary N) is 2. The van der Waals surface area contributed by atoms with Gasteiger partial charge in [0.05, 0.1) is 13.3 Å². The van der Waals surface area contributed by atoms with Gasteiger partial charge in [0.1, 0.15) is 11.6 Å². The predicted molar refractivity (Wildman–Crippen MR) is 97.3 cm³/mol. The van der Waals surface area contributed by atoms with Gasteiger partial charge in [-0.05, 0) is 31.0 Å². The van der Waals surface area contributed by atoms with E-state index in [4.69, 9.17) is 4.74 Å². The average molecular weight is 336 g/mol. The Morgan fingerprint density at radius 1 is 1.04 bits per heavy atom. The highest BCUT2D eigenvalue weighted by Crippen LogP contribution is 2.14. The molecule has 0 aliphatic heterocycles. The Morgan fingerprint density at radius 2 is 1.88 bits per heavy atom. The van der Waals surface area contributed by atoms with Gasteiger partial charge in [-0.15, -0.1) is 0 Å². The summed E-state index contributed by atoms with van der Waals surface area (Å²) in [6, 6.07) is 9.97. The van der Waals surface area contributed by atoms with E-state index in [0.29, 0.717) is 11.8 Å². The van der Waals surface area contributed by atoms with Crippen LogP contribution in [-0.2, 0) is 6.42 Å². The molecule has 3 aromatic rings. The lowest BCUT2D eigenvalue weighted by molar-refractivity contribution is 0.414. The SMILES string of the molecule is COc1ccc(CCNc2cc(C)nc(Nc3cnccn3)n2)cc1. The lowest BCUT2D eigenvalue weighted by Gasteiger charge is -2.09. The predicted octanol–water partition coefficient (Wildman–Crippen LogP) is 2.98. The van der Waals surface area contributed by atoms with Gasteiger partial charge < -0.3 is 15.4 Å². The molecule has 0 amide bonds. The van der Waals surface area contributed by atoms with Crippen molar-refractivity contribution < 1.29 is 4.74 Å². The van der Waals surface area contributed by atoms with Gasteiger partial charge in [0, 0.05) is 30.7 Å². The average Bonchev–Trinajstić information content (AvgIpc) is 2.63. The Bertz CT molecular complexity index is 808. The lowest BCUT2D eigenvalue weighted by Crippen LogP contribution is -2.09. The summed E-state index contributed by atoms with van der Waals surface area (Å²) in [7, 11) is 1.67. The van der Waals surface area contributed by atoms with E-state index in [2.05, 4.69) is 42.7 Å². The number of rotatable bonds is 7. The van der Waals surface area contributed by atoms with Crippen LogP contribution in [-0.4, -0.2) is 33.6 Å². The Morgan fingerprint density at radius 3 is 2.60 bits per heavy atom. The molecule has 0 bridgehead atoms. The van der Waals surface area contributed by atoms with Crippen LogP contribution in [0.25, 0.3) is 0 Å². The molecule has 2 N–H and O–H groups in total. The normalized spacial score (nSPS) is 10.3. The lowest BCUT2D eigenvalue weighted by atomic mass is 10.1. The first-order valence-corrected chi connectivity index (χ1v) is 7.98. The Kier molecular flexibility index (Phi) is 5.36. The highest BCUT2D eigenvalue weighted by Gasteiger charge is 2.04. The van der Waals surface area contributed by atoms with Gasteiger partial charge in [0.15, 0.2) is 5.82 Å². The molecule has 0 spiro atoms. The molecule has 0 fully saturated rings. The van der Waals surface area contributed by atoms with Crippen LogP contribution in [0.1, 0.15) is 11.3 Å². The molecule has 7 nitrogen and oxygen atoms in total. The van der Waals surface area contributed by atoms with Gasteiger partial charge in [-0.2, -0.15) is 4.98 Å². The Balaban J connectivity index is 1.60. The van der Waals surface area contributed by atoms with Crippen LogP contribution >= 0.6 is 0 Å². The molecule has 0 aliphatic carbocycles. The first kappa shape index (κ1) is 16.6. The molecule has 7 heteroatoms. The van der Waals surface area contributed by atoms with E-state index in [1.807, 2.05) is 25.1 Å². The molecule has 1 aromatic carbocycles. The first-order chi connectivity index (χ1) is 12.2. The van der Waals surface area contributed by atoms with Crippen LogP contribution in [0.3, 0.4) is 0 Å². The maximum Gasteiger partial charge on any atom is 0.230 e. The monoisotopic (exact) mass is 336 g/mol. The number of aromatic nitrogens is 4. The number of benzene rings is 1. The summed E-state index contributed by atoms with van der Waals surface area (Å²) in [4.78, 5) is 17.0. The van der Waals surface area contributed by atoms with Crippen LogP contribution in [0, 0.1) is 6.92 Å². The van der Waals surface area contributed by atoms with Crippen molar-refractivity contribution in [3.8, 4) is 5.75 Å². The van der Waals surface area contributed by atoms with Gasteiger partial charge in [-0.1, -0.05) is 12.1 Å². The van der Waals surface area contributed by atoms with Gasteiger partial charge in [-0.3, -0.25) is 4.98 Å². The first-order valence-electron chi connectivity index (χ1n) is 7.98. The zero-order valence-corrected chi connectivity index (χ0v) is 14.2. The molecule has 3 rings (SSSR count). The zero-order valence-electron chi connectivity index (χ0n) is 14.2. The van der Waals surface area contributed by atoms with Gasteiger partial charge in [0.25, 0.3) is 0 Å². The van der Waals surface area contributed by atoms with E-state index in [1.165, 1.54) is 5.56 Å². The molecule has 0 radical (unpaired) electrons. The second kappa shape index (κ2) is 8.05. The summed E-state index contributed by atoms with van der Waals surface area (Å²) in [5.41, 5.74) is 2.10. The van der Waals surface area contributed by atoms with Crippen LogP contribution in [0.15, 0.2) is 48.9 Å². The van der Waals surface area contributed by atoms with Crippen molar-refractivity contribution in [3.63, 3.8) is 0 Å². The summed E-state index contributed by atoms with van der Waals surface area (Å²) < 4.78 is 5.17. The molecule has 25 heavy (non-hydrogen) atoms. The van der Waals surface area contributed by atoms with Crippen molar-refractivity contribution in [1.82, 2.24) is 19.9 Å². The molecule has 2 heterocycles. The topological polar surface area (TPSA) is 84.9 Å². The molecule has 0 unspecified atom stereocenters. The third kappa shape index (κ3) is 4.87. The van der Waals surface area contributed by atoms with Crippen molar-refractivity contribution >= 4 is 17.6 Å². The number of ether oxygens (including phenoxy) is 1. The van der Waals surface area contributed by atoms with Crippen molar-refractivity contribution in [1.29, 1.82) is 0 Å². The maximum absolute atomic E-state index is 5.17. The fourth-order valence-electron chi connectivity index (χ4n) is 2.32. The van der Waals surface area contributed by atoms with Crippen molar-refractivity contribution in [2.45, 2.75) is 13.3 Å². The van der Waals surface area contributed by atoms with Gasteiger partial charge in [-0.25, -0.2) is 9.97 Å². The van der Waals surface area contributed by atoms with E-state index in [9.17, 15) is 0 Å². The fourth-order valence-corrected chi connectivity index (χ4v) is 2.32. The highest BCUT2D eigenvalue weighted by atomic mass is 16.5. The molecule has 0 atom stereocenters. The van der Waals surface area contributed by atoms with E-state index in [0.717, 1.165) is 30.2 Å². The molecular formula is C18H20N6O. The molecule has 0 saturated heterocycles. The summed E-state index contributed by atoms with van der Waals surface area (Å²) in [6.07, 6.45) is 5.75. The summed E-state index contributed by atoms with van der Waals surface area (Å²) >= 11 is 0. The second-order valence-corrected chi connectivity index (χ2v) is 5.46. The minimum atomic E-state index is 0.493. The van der Waals surface area contributed by atoms with Crippen molar-refractivity contribution in [3.05, 3.63) is 60.2 Å². The standard InChI is InChI=1S/C18H20N6O/c1-13-11-16(20-8-7-14-3-5-15(25-2)6-4-14)23-18(22-13)24-17-12-19-9-10-21-17/h3-6,9-12H,7-8H2,1-2H3,(H2,20,21,22,23,24). The zero-order chi connectivity index (χ0) is 17.5. The second-order valence-electron chi connectivity index (χ2n) is 5.46. The number of anilines is 3. The molecule has 0 aliphatic rings. The number of hydrogen-bond donors (Lipinski definition) is 2. The number of nitrogens with zero attached hydrogens (tertiary/aromatic N) is 4. The summed E-state index contributed by atoms with van der Waals surface area (Å²) in [5.74, 6) is 2.74. The van der Waals surface area contributed by atoms with Crippen LogP contribution in [0.2, 0.25) is 0 Å². The molecule has 0 saturated carbocycles. The van der Waals surface area contributed by atoms with E-state index in [1.54, 1.807) is 25.7 Å². The summed E-state index contributed by atoms with van der Waals surface area (Å²) in [5, 5.41) is 6.39. The number of hydrogen-bond acceptors (Lipinski definition) is 7. The minimum Gasteiger partial charge on any atom is -0.497 e. The smallest absolute Gasteiger partial charge is 0.230 e. The quantitative estimate of drug-likeness (QED) is 0.686. The van der Waals surface area contributed by atoms with Crippen molar-refractivity contribution in [2.75, 3.05) is 24.3 Å². The van der Waals surface area contributed by atoms with Gasteiger partial charge >= 0.3 is 0 Å². The van der Waals surface area contributed by atoms with E-state index < -0.39 is 0 Å². The minimum absolute atomic E-state index is 0.493. The third-order valence-corrected chi connectivity index (χ3v) is 3.54. The fraction of sp³-hybridized carbons (Fsp3) is 0.222. The van der Waals surface area contributed by atoms with E-state index in [-0.39, 0.29) is 0 Å². The molecule has 2 aromatic heterocycles. The maximum atomic E-state index is 5.17. The molecular weight excluding hydrogens is 316 g/mol. The third-order valence-electron chi connectivity index (χ3n) is 3.54. The largest absolute Gasteiger partial charge is 0.497 e. The molecule has 128 valence electrons. The highest BCUT2D eigenvalue weighted by molar-refractivity contribution is 5.50.